The molecule has 1 unspecified atom stereocenters. The third kappa shape index (κ3) is 3.45. The number of nitrogens with two attached hydrogens (primary N) is 1. The molecule has 0 saturated carbocycles. The zero-order valence-corrected chi connectivity index (χ0v) is 11.0. The summed E-state index contributed by atoms with van der Waals surface area (Å²) >= 11 is 0. The van der Waals surface area contributed by atoms with Crippen LogP contribution in [0.2, 0.25) is 0 Å². The molecular formula is C15H20N2O. The SMILES string of the molecule is Cc1ccc(C(N)CN(C)Cc2ccccc2)o1. The first-order chi connectivity index (χ1) is 8.65. The molecule has 2 aromatic rings. The van der Waals surface area contributed by atoms with Gasteiger partial charge in [0.2, 0.25) is 0 Å². The maximum atomic E-state index is 6.13. The van der Waals surface area contributed by atoms with E-state index in [0.29, 0.717) is 0 Å². The van der Waals surface area contributed by atoms with Crippen molar-refractivity contribution in [3.05, 3.63) is 59.5 Å². The predicted molar refractivity (Wildman–Crippen MR) is 73.1 cm³/mol. The van der Waals surface area contributed by atoms with Crippen LogP contribution in [0.5, 0.6) is 0 Å². The summed E-state index contributed by atoms with van der Waals surface area (Å²) in [5.41, 5.74) is 7.42. The molecule has 0 fully saturated rings. The molecule has 0 aliphatic rings. The molecule has 0 aliphatic heterocycles. The topological polar surface area (TPSA) is 42.4 Å². The smallest absolute Gasteiger partial charge is 0.122 e. The normalized spacial score (nSPS) is 12.9. The van der Waals surface area contributed by atoms with Crippen LogP contribution in [-0.2, 0) is 6.54 Å². The summed E-state index contributed by atoms with van der Waals surface area (Å²) in [4.78, 5) is 2.21. The van der Waals surface area contributed by atoms with Gasteiger partial charge in [0.1, 0.15) is 11.5 Å². The summed E-state index contributed by atoms with van der Waals surface area (Å²) in [5.74, 6) is 1.76. The van der Waals surface area contributed by atoms with Gasteiger partial charge < -0.3 is 15.1 Å². The van der Waals surface area contributed by atoms with Gasteiger partial charge in [-0.25, -0.2) is 0 Å². The summed E-state index contributed by atoms with van der Waals surface area (Å²) in [5, 5.41) is 0. The van der Waals surface area contributed by atoms with E-state index >= 15 is 0 Å². The number of hydrogen-bond donors (Lipinski definition) is 1. The van der Waals surface area contributed by atoms with Gasteiger partial charge in [-0.05, 0) is 31.7 Å². The molecule has 1 aromatic carbocycles. The summed E-state index contributed by atoms with van der Waals surface area (Å²) in [7, 11) is 2.07. The van der Waals surface area contributed by atoms with Crippen LogP contribution < -0.4 is 5.73 Å². The van der Waals surface area contributed by atoms with Crippen molar-refractivity contribution >= 4 is 0 Å². The summed E-state index contributed by atoms with van der Waals surface area (Å²) in [6.45, 7) is 3.61. The van der Waals surface area contributed by atoms with E-state index < -0.39 is 0 Å². The molecule has 1 heterocycles. The lowest BCUT2D eigenvalue weighted by atomic mass is 10.2. The second kappa shape index (κ2) is 5.85. The minimum atomic E-state index is -0.0765. The summed E-state index contributed by atoms with van der Waals surface area (Å²) in [6, 6.07) is 14.2. The Labute approximate surface area is 108 Å². The molecule has 0 aliphatic carbocycles. The zero-order chi connectivity index (χ0) is 13.0. The number of hydrogen-bond acceptors (Lipinski definition) is 3. The van der Waals surface area contributed by atoms with E-state index in [2.05, 4.69) is 36.2 Å². The van der Waals surface area contributed by atoms with Gasteiger partial charge in [0, 0.05) is 13.1 Å². The number of aryl methyl sites for hydroxylation is 1. The number of rotatable bonds is 5. The molecule has 3 nitrogen and oxygen atoms in total. The fraction of sp³-hybridized carbons (Fsp3) is 0.333. The van der Waals surface area contributed by atoms with Crippen LogP contribution >= 0.6 is 0 Å². The lowest BCUT2D eigenvalue weighted by Gasteiger charge is -2.20. The highest BCUT2D eigenvalue weighted by Gasteiger charge is 2.12. The van der Waals surface area contributed by atoms with Gasteiger partial charge in [-0.3, -0.25) is 0 Å². The Morgan fingerprint density at radius 1 is 1.17 bits per heavy atom. The van der Waals surface area contributed by atoms with E-state index in [9.17, 15) is 0 Å². The van der Waals surface area contributed by atoms with Crippen LogP contribution in [0.25, 0.3) is 0 Å². The van der Waals surface area contributed by atoms with Crippen molar-refractivity contribution in [1.82, 2.24) is 4.90 Å². The molecule has 3 heteroatoms. The van der Waals surface area contributed by atoms with E-state index in [1.54, 1.807) is 0 Å². The van der Waals surface area contributed by atoms with Gasteiger partial charge in [-0.2, -0.15) is 0 Å². The molecule has 0 bridgehead atoms. The van der Waals surface area contributed by atoms with Gasteiger partial charge in [0.05, 0.1) is 6.04 Å². The third-order valence-electron chi connectivity index (χ3n) is 2.93. The largest absolute Gasteiger partial charge is 0.465 e. The second-order valence-corrected chi connectivity index (χ2v) is 4.74. The minimum absolute atomic E-state index is 0.0765. The van der Waals surface area contributed by atoms with Gasteiger partial charge >= 0.3 is 0 Å². The average molecular weight is 244 g/mol. The molecule has 2 N–H and O–H groups in total. The van der Waals surface area contributed by atoms with E-state index in [1.165, 1.54) is 5.56 Å². The Morgan fingerprint density at radius 3 is 2.50 bits per heavy atom. The van der Waals surface area contributed by atoms with Crippen molar-refractivity contribution in [3.8, 4) is 0 Å². The lowest BCUT2D eigenvalue weighted by Crippen LogP contribution is -2.28. The fourth-order valence-corrected chi connectivity index (χ4v) is 2.04. The first-order valence-corrected chi connectivity index (χ1v) is 6.19. The summed E-state index contributed by atoms with van der Waals surface area (Å²) < 4.78 is 5.54. The molecule has 0 spiro atoms. The fourth-order valence-electron chi connectivity index (χ4n) is 2.04. The molecule has 0 radical (unpaired) electrons. The Balaban J connectivity index is 1.89. The van der Waals surface area contributed by atoms with Crippen molar-refractivity contribution in [3.63, 3.8) is 0 Å². The molecule has 1 atom stereocenters. The van der Waals surface area contributed by atoms with E-state index in [1.807, 2.05) is 25.1 Å². The number of nitrogens with zero attached hydrogens (tertiary/aromatic N) is 1. The van der Waals surface area contributed by atoms with Crippen LogP contribution in [0.4, 0.5) is 0 Å². The Hall–Kier alpha value is -1.58. The monoisotopic (exact) mass is 244 g/mol. The maximum Gasteiger partial charge on any atom is 0.122 e. The number of furan rings is 1. The van der Waals surface area contributed by atoms with Crippen LogP contribution in [0, 0.1) is 6.92 Å². The lowest BCUT2D eigenvalue weighted by molar-refractivity contribution is 0.287. The van der Waals surface area contributed by atoms with Crippen molar-refractivity contribution in [2.45, 2.75) is 19.5 Å². The molecule has 0 saturated heterocycles. The first-order valence-electron chi connectivity index (χ1n) is 6.19. The van der Waals surface area contributed by atoms with Crippen LogP contribution in [0.3, 0.4) is 0 Å². The van der Waals surface area contributed by atoms with Gasteiger partial charge in [-0.1, -0.05) is 30.3 Å². The number of likely N-dealkylation sites (N-methyl/N-ethyl adjacent to an activating group) is 1. The van der Waals surface area contributed by atoms with Crippen molar-refractivity contribution in [1.29, 1.82) is 0 Å². The first kappa shape index (κ1) is 12.9. The van der Waals surface area contributed by atoms with E-state index in [0.717, 1.165) is 24.6 Å². The molecule has 2 rings (SSSR count). The highest BCUT2D eigenvalue weighted by atomic mass is 16.3. The quantitative estimate of drug-likeness (QED) is 0.879. The average Bonchev–Trinajstić information content (AvgIpc) is 2.77. The Kier molecular flexibility index (Phi) is 4.18. The van der Waals surface area contributed by atoms with Gasteiger partial charge in [0.15, 0.2) is 0 Å². The third-order valence-corrected chi connectivity index (χ3v) is 2.93. The Bertz CT molecular complexity index is 478. The molecule has 0 amide bonds. The molecule has 96 valence electrons. The highest BCUT2D eigenvalue weighted by molar-refractivity contribution is 5.14. The molecular weight excluding hydrogens is 224 g/mol. The maximum absolute atomic E-state index is 6.13. The standard InChI is InChI=1S/C15H20N2O/c1-12-8-9-15(18-12)14(16)11-17(2)10-13-6-4-3-5-7-13/h3-9,14H,10-11,16H2,1-2H3. The van der Waals surface area contributed by atoms with Gasteiger partial charge in [-0.15, -0.1) is 0 Å². The van der Waals surface area contributed by atoms with Crippen LogP contribution in [0.1, 0.15) is 23.1 Å². The molecule has 18 heavy (non-hydrogen) atoms. The second-order valence-electron chi connectivity index (χ2n) is 4.74. The molecule has 1 aromatic heterocycles. The summed E-state index contributed by atoms with van der Waals surface area (Å²) in [6.07, 6.45) is 0. The van der Waals surface area contributed by atoms with Crippen molar-refractivity contribution < 1.29 is 4.42 Å². The van der Waals surface area contributed by atoms with Crippen molar-refractivity contribution in [2.24, 2.45) is 5.73 Å². The van der Waals surface area contributed by atoms with E-state index in [-0.39, 0.29) is 6.04 Å². The van der Waals surface area contributed by atoms with Crippen LogP contribution in [0.15, 0.2) is 46.9 Å². The van der Waals surface area contributed by atoms with Crippen molar-refractivity contribution in [2.75, 3.05) is 13.6 Å². The number of benzene rings is 1. The minimum Gasteiger partial charge on any atom is -0.465 e. The Morgan fingerprint density at radius 2 is 1.89 bits per heavy atom. The highest BCUT2D eigenvalue weighted by Crippen LogP contribution is 2.15. The zero-order valence-electron chi connectivity index (χ0n) is 11.0. The van der Waals surface area contributed by atoms with Crippen LogP contribution in [-0.4, -0.2) is 18.5 Å². The van der Waals surface area contributed by atoms with Gasteiger partial charge in [0.25, 0.3) is 0 Å². The van der Waals surface area contributed by atoms with E-state index in [4.69, 9.17) is 10.2 Å². The predicted octanol–water partition coefficient (Wildman–Crippen LogP) is 2.72.